The van der Waals surface area contributed by atoms with Crippen molar-refractivity contribution in [2.75, 3.05) is 11.9 Å². The zero-order chi connectivity index (χ0) is 22.0. The lowest BCUT2D eigenvalue weighted by Gasteiger charge is -2.27. The highest BCUT2D eigenvalue weighted by atomic mass is 35.5. The zero-order valence-corrected chi connectivity index (χ0v) is 18.2. The molecule has 1 aliphatic heterocycles. The molecule has 0 spiro atoms. The van der Waals surface area contributed by atoms with Gasteiger partial charge in [0.05, 0.1) is 17.6 Å². The molecule has 0 fully saturated rings. The Labute approximate surface area is 185 Å². The lowest BCUT2D eigenvalue weighted by atomic mass is 10.1. The molecule has 7 nitrogen and oxygen atoms in total. The quantitative estimate of drug-likeness (QED) is 0.641. The summed E-state index contributed by atoms with van der Waals surface area (Å²) in [5, 5.41) is 7.10. The van der Waals surface area contributed by atoms with Crippen molar-refractivity contribution in [3.63, 3.8) is 0 Å². The van der Waals surface area contributed by atoms with Gasteiger partial charge in [0, 0.05) is 29.0 Å². The van der Waals surface area contributed by atoms with Crippen LogP contribution >= 0.6 is 11.6 Å². The third-order valence-electron chi connectivity index (χ3n) is 5.71. The summed E-state index contributed by atoms with van der Waals surface area (Å²) < 4.78 is 0. The van der Waals surface area contributed by atoms with Gasteiger partial charge in [-0.2, -0.15) is 0 Å². The fourth-order valence-electron chi connectivity index (χ4n) is 3.82. The molecule has 1 aliphatic rings. The molecule has 2 aromatic heterocycles. The number of aromatic nitrogens is 2. The number of rotatable bonds is 5. The number of nitrogens with zero attached hydrogens (tertiary/aromatic N) is 3. The van der Waals surface area contributed by atoms with Gasteiger partial charge < -0.3 is 15.5 Å². The number of fused-ring (bicyclic) bond motifs is 2. The molecule has 160 valence electrons. The minimum Gasteiger partial charge on any atom is -0.343 e. The Morgan fingerprint density at radius 3 is 2.87 bits per heavy atom. The molecule has 2 N–H and O–H groups in total. The van der Waals surface area contributed by atoms with Crippen LogP contribution in [0, 0.1) is 0 Å². The van der Waals surface area contributed by atoms with Gasteiger partial charge in [-0.25, -0.2) is 9.97 Å². The van der Waals surface area contributed by atoms with E-state index < -0.39 is 12.1 Å². The second-order valence-corrected chi connectivity index (χ2v) is 8.03. The van der Waals surface area contributed by atoms with Gasteiger partial charge >= 0.3 is 0 Å². The number of nitrogens with one attached hydrogen (secondary N) is 2. The number of aryl methyl sites for hydroxylation is 1. The number of benzene rings is 1. The van der Waals surface area contributed by atoms with Crippen molar-refractivity contribution in [1.29, 1.82) is 0 Å². The minimum absolute atomic E-state index is 0.161. The minimum atomic E-state index is -0.624. The van der Waals surface area contributed by atoms with Crippen LogP contribution in [-0.4, -0.2) is 40.9 Å². The van der Waals surface area contributed by atoms with E-state index >= 15 is 0 Å². The number of halogens is 1. The van der Waals surface area contributed by atoms with E-state index in [1.54, 1.807) is 31.3 Å². The summed E-state index contributed by atoms with van der Waals surface area (Å²) in [5.41, 5.74) is 3.24. The summed E-state index contributed by atoms with van der Waals surface area (Å²) in [5.74, 6) is -0.366. The van der Waals surface area contributed by atoms with Crippen LogP contribution < -0.4 is 15.5 Å². The first-order valence-corrected chi connectivity index (χ1v) is 10.6. The van der Waals surface area contributed by atoms with E-state index in [0.29, 0.717) is 23.5 Å². The van der Waals surface area contributed by atoms with Crippen molar-refractivity contribution in [2.24, 2.45) is 0 Å². The summed E-state index contributed by atoms with van der Waals surface area (Å²) in [6, 6.07) is 10.5. The summed E-state index contributed by atoms with van der Waals surface area (Å²) in [7, 11) is 1.71. The van der Waals surface area contributed by atoms with Crippen LogP contribution in [0.15, 0.2) is 48.8 Å². The predicted octanol–water partition coefficient (Wildman–Crippen LogP) is 2.86. The highest BCUT2D eigenvalue weighted by Crippen LogP contribution is 2.32. The van der Waals surface area contributed by atoms with E-state index in [9.17, 15) is 9.59 Å². The molecule has 0 unspecified atom stereocenters. The monoisotopic (exact) mass is 437 g/mol. The van der Waals surface area contributed by atoms with Gasteiger partial charge in [-0.3, -0.25) is 9.59 Å². The van der Waals surface area contributed by atoms with Crippen molar-refractivity contribution in [3.8, 4) is 0 Å². The fraction of sp³-hybridized carbons (Fsp3) is 0.304. The number of hydrogen-bond donors (Lipinski definition) is 2. The molecular formula is C23H24ClN5O2. The Hall–Kier alpha value is -3.03. The largest absolute Gasteiger partial charge is 0.343 e. The van der Waals surface area contributed by atoms with Gasteiger partial charge in [0.25, 0.3) is 0 Å². The summed E-state index contributed by atoms with van der Waals surface area (Å²) in [6.07, 6.45) is 4.45. The molecule has 2 atom stereocenters. The zero-order valence-electron chi connectivity index (χ0n) is 17.4. The molecule has 0 bridgehead atoms. The summed E-state index contributed by atoms with van der Waals surface area (Å²) in [6.45, 7) is 2.02. The highest BCUT2D eigenvalue weighted by molar-refractivity contribution is 6.32. The van der Waals surface area contributed by atoms with Crippen LogP contribution in [0.4, 0.5) is 5.69 Å². The maximum Gasteiger partial charge on any atom is 0.249 e. The molecule has 3 heterocycles. The molecule has 8 heteroatoms. The number of para-hydroxylation sites is 1. The predicted molar refractivity (Wildman–Crippen MR) is 121 cm³/mol. The van der Waals surface area contributed by atoms with Crippen LogP contribution in [0.3, 0.4) is 0 Å². The lowest BCUT2D eigenvalue weighted by Crippen LogP contribution is -2.52. The van der Waals surface area contributed by atoms with Crippen LogP contribution in [0.5, 0.6) is 0 Å². The van der Waals surface area contributed by atoms with Crippen LogP contribution in [0.25, 0.3) is 11.0 Å². The lowest BCUT2D eigenvalue weighted by molar-refractivity contribution is -0.128. The van der Waals surface area contributed by atoms with Gasteiger partial charge in [0.15, 0.2) is 5.65 Å². The average molecular weight is 438 g/mol. The van der Waals surface area contributed by atoms with Crippen molar-refractivity contribution in [2.45, 2.75) is 38.4 Å². The van der Waals surface area contributed by atoms with E-state index in [4.69, 9.17) is 11.6 Å². The number of likely N-dealkylation sites (N-methyl/N-ethyl adjacent to an activating group) is 1. The fourth-order valence-corrected chi connectivity index (χ4v) is 4.03. The van der Waals surface area contributed by atoms with Crippen molar-refractivity contribution in [1.82, 2.24) is 20.6 Å². The average Bonchev–Trinajstić information content (AvgIpc) is 2.92. The van der Waals surface area contributed by atoms with E-state index in [1.807, 2.05) is 36.4 Å². The molecule has 31 heavy (non-hydrogen) atoms. The van der Waals surface area contributed by atoms with Crippen molar-refractivity contribution in [3.05, 3.63) is 64.9 Å². The molecule has 3 aromatic rings. The van der Waals surface area contributed by atoms with E-state index in [1.165, 1.54) is 0 Å². The van der Waals surface area contributed by atoms with Gasteiger partial charge in [-0.05, 0) is 50.6 Å². The standard InChI is InChI=1S/C23H24ClN5O2/c1-14(25-2)22(30)28-19-10-9-15-6-3-4-8-20(15)29(23(19)31)13-17-16-7-5-11-26-21(16)27-12-18(17)24/h3-8,11-12,14,19,25H,9-10,13H2,1-2H3,(H,28,30)/t14-,19-/m0/s1. The second kappa shape index (κ2) is 8.99. The third kappa shape index (κ3) is 4.24. The SMILES string of the molecule is CN[C@@H](C)C(=O)N[C@H]1CCc2ccccc2N(Cc2c(Cl)cnc3ncccc23)C1=O. The van der Waals surface area contributed by atoms with Gasteiger partial charge in [-0.1, -0.05) is 29.8 Å². The second-order valence-electron chi connectivity index (χ2n) is 7.62. The van der Waals surface area contributed by atoms with Gasteiger partial charge in [0.2, 0.25) is 11.8 Å². The van der Waals surface area contributed by atoms with Crippen LogP contribution in [-0.2, 0) is 22.6 Å². The molecular weight excluding hydrogens is 414 g/mol. The normalized spacial score (nSPS) is 17.2. The van der Waals surface area contributed by atoms with E-state index in [0.717, 1.165) is 22.2 Å². The maximum absolute atomic E-state index is 13.6. The maximum atomic E-state index is 13.6. The first-order valence-electron chi connectivity index (χ1n) is 10.2. The third-order valence-corrected chi connectivity index (χ3v) is 6.03. The number of pyridine rings is 2. The van der Waals surface area contributed by atoms with Crippen LogP contribution in [0.1, 0.15) is 24.5 Å². The number of hydrogen-bond acceptors (Lipinski definition) is 5. The Kier molecular flexibility index (Phi) is 6.15. The molecule has 4 rings (SSSR count). The van der Waals surface area contributed by atoms with Crippen LogP contribution in [0.2, 0.25) is 5.02 Å². The first kappa shape index (κ1) is 21.2. The topological polar surface area (TPSA) is 87.2 Å². The Balaban J connectivity index is 1.74. The Morgan fingerprint density at radius 1 is 1.26 bits per heavy atom. The van der Waals surface area contributed by atoms with Crippen molar-refractivity contribution < 1.29 is 9.59 Å². The molecule has 0 aliphatic carbocycles. The molecule has 0 saturated heterocycles. The van der Waals surface area contributed by atoms with Crippen molar-refractivity contribution >= 4 is 40.1 Å². The molecule has 2 amide bonds. The summed E-state index contributed by atoms with van der Waals surface area (Å²) >= 11 is 6.51. The number of carbonyl (C=O) groups excluding carboxylic acids is 2. The Bertz CT molecular complexity index is 1140. The summed E-state index contributed by atoms with van der Waals surface area (Å²) in [4.78, 5) is 36.4. The van der Waals surface area contributed by atoms with Gasteiger partial charge in [0.1, 0.15) is 6.04 Å². The number of carbonyl (C=O) groups is 2. The van der Waals surface area contributed by atoms with E-state index in [2.05, 4.69) is 20.6 Å². The van der Waals surface area contributed by atoms with E-state index in [-0.39, 0.29) is 18.4 Å². The molecule has 1 aromatic carbocycles. The van der Waals surface area contributed by atoms with Gasteiger partial charge in [-0.15, -0.1) is 0 Å². The highest BCUT2D eigenvalue weighted by Gasteiger charge is 2.32. The molecule has 0 saturated carbocycles. The molecule has 0 radical (unpaired) electrons. The Morgan fingerprint density at radius 2 is 2.06 bits per heavy atom. The number of amides is 2. The number of anilines is 1. The first-order chi connectivity index (χ1) is 15.0. The smallest absolute Gasteiger partial charge is 0.249 e.